The zero-order valence-corrected chi connectivity index (χ0v) is 17.5. The summed E-state index contributed by atoms with van der Waals surface area (Å²) in [6.07, 6.45) is 2.02. The Morgan fingerprint density at radius 2 is 2.10 bits per heavy atom. The molecule has 30 heavy (non-hydrogen) atoms. The van der Waals surface area contributed by atoms with Crippen LogP contribution in [0.15, 0.2) is 60.8 Å². The first kappa shape index (κ1) is 20.3. The third kappa shape index (κ3) is 4.61. The van der Waals surface area contributed by atoms with E-state index >= 15 is 0 Å². The molecule has 1 amide bonds. The molecular weight excluding hydrogens is 400 g/mol. The van der Waals surface area contributed by atoms with E-state index in [1.54, 1.807) is 25.4 Å². The van der Waals surface area contributed by atoms with Gasteiger partial charge in [-0.25, -0.2) is 4.98 Å². The van der Waals surface area contributed by atoms with E-state index in [-0.39, 0.29) is 12.0 Å². The van der Waals surface area contributed by atoms with Gasteiger partial charge in [0.1, 0.15) is 11.9 Å². The lowest BCUT2D eigenvalue weighted by Crippen LogP contribution is -2.42. The van der Waals surface area contributed by atoms with Gasteiger partial charge in [-0.3, -0.25) is 9.78 Å². The molecule has 0 spiro atoms. The Labute approximate surface area is 180 Å². The van der Waals surface area contributed by atoms with Crippen LogP contribution in [0.3, 0.4) is 0 Å². The second-order valence-electron chi connectivity index (χ2n) is 7.11. The van der Waals surface area contributed by atoms with Crippen molar-refractivity contribution in [2.24, 2.45) is 0 Å². The summed E-state index contributed by atoms with van der Waals surface area (Å²) in [6.45, 7) is 1.47. The van der Waals surface area contributed by atoms with Gasteiger partial charge in [-0.2, -0.15) is 0 Å². The Hall–Kier alpha value is -2.96. The molecule has 1 aliphatic rings. The number of ether oxygens (including phenoxy) is 1. The number of nitrogens with zero attached hydrogens (tertiary/aromatic N) is 3. The number of hydrogen-bond donors (Lipinski definition) is 1. The Balaban J connectivity index is 1.49. The Morgan fingerprint density at radius 1 is 1.23 bits per heavy atom. The summed E-state index contributed by atoms with van der Waals surface area (Å²) < 4.78 is 5.95. The second kappa shape index (κ2) is 9.24. The lowest BCUT2D eigenvalue weighted by atomic mass is 10.1. The van der Waals surface area contributed by atoms with Crippen molar-refractivity contribution < 1.29 is 9.53 Å². The molecule has 1 saturated heterocycles. The van der Waals surface area contributed by atoms with Crippen molar-refractivity contribution in [3.8, 4) is 0 Å². The Morgan fingerprint density at radius 3 is 2.93 bits per heavy atom. The highest BCUT2D eigenvalue weighted by Crippen LogP contribution is 2.24. The van der Waals surface area contributed by atoms with E-state index in [0.717, 1.165) is 22.0 Å². The van der Waals surface area contributed by atoms with Crippen LogP contribution in [0, 0.1) is 0 Å². The SMILES string of the molecule is CNc1cc(C(=O)N2CCO[C@@H](c3cccc(Cc4ccccc4Cl)n3)C2)ccn1. The highest BCUT2D eigenvalue weighted by Gasteiger charge is 2.27. The first-order valence-electron chi connectivity index (χ1n) is 9.88. The zero-order valence-electron chi connectivity index (χ0n) is 16.7. The van der Waals surface area contributed by atoms with Gasteiger partial charge < -0.3 is 15.0 Å². The second-order valence-corrected chi connectivity index (χ2v) is 7.52. The van der Waals surface area contributed by atoms with E-state index in [9.17, 15) is 4.79 Å². The minimum Gasteiger partial charge on any atom is -0.373 e. The monoisotopic (exact) mass is 422 g/mol. The van der Waals surface area contributed by atoms with Crippen LogP contribution in [0.1, 0.15) is 33.4 Å². The van der Waals surface area contributed by atoms with Crippen LogP contribution < -0.4 is 5.32 Å². The zero-order chi connectivity index (χ0) is 20.9. The van der Waals surface area contributed by atoms with Crippen LogP contribution in [0.4, 0.5) is 5.82 Å². The first-order valence-corrected chi connectivity index (χ1v) is 10.3. The number of amides is 1. The summed E-state index contributed by atoms with van der Waals surface area (Å²) in [4.78, 5) is 23.7. The summed E-state index contributed by atoms with van der Waals surface area (Å²) in [7, 11) is 1.78. The van der Waals surface area contributed by atoms with Crippen molar-refractivity contribution >= 4 is 23.3 Å². The number of rotatable bonds is 5. The number of benzene rings is 1. The van der Waals surface area contributed by atoms with Crippen LogP contribution in [0.2, 0.25) is 5.02 Å². The largest absolute Gasteiger partial charge is 0.373 e. The lowest BCUT2D eigenvalue weighted by Gasteiger charge is -2.33. The number of hydrogen-bond acceptors (Lipinski definition) is 5. The molecule has 0 bridgehead atoms. The maximum Gasteiger partial charge on any atom is 0.254 e. The van der Waals surface area contributed by atoms with E-state index < -0.39 is 0 Å². The molecular formula is C23H23ClN4O2. The molecule has 2 aromatic heterocycles. The van der Waals surface area contributed by atoms with Crippen LogP contribution in [-0.4, -0.2) is 47.5 Å². The van der Waals surface area contributed by atoms with Gasteiger partial charge >= 0.3 is 0 Å². The Bertz CT molecular complexity index is 1040. The van der Waals surface area contributed by atoms with Crippen LogP contribution >= 0.6 is 11.6 Å². The number of morpholine rings is 1. The summed E-state index contributed by atoms with van der Waals surface area (Å²) in [5.74, 6) is 0.633. The summed E-state index contributed by atoms with van der Waals surface area (Å²) in [6, 6.07) is 17.2. The summed E-state index contributed by atoms with van der Waals surface area (Å²) >= 11 is 6.29. The fraction of sp³-hybridized carbons (Fsp3) is 0.261. The van der Waals surface area contributed by atoms with E-state index in [2.05, 4.69) is 10.3 Å². The predicted octanol–water partition coefficient (Wildman–Crippen LogP) is 3.98. The molecule has 1 atom stereocenters. The molecule has 6 nitrogen and oxygen atoms in total. The fourth-order valence-electron chi connectivity index (χ4n) is 3.51. The number of carbonyl (C=O) groups is 1. The molecule has 1 aliphatic heterocycles. The summed E-state index contributed by atoms with van der Waals surface area (Å²) in [5.41, 5.74) is 3.38. The van der Waals surface area contributed by atoms with E-state index in [1.807, 2.05) is 47.4 Å². The van der Waals surface area contributed by atoms with Gasteiger partial charge in [0.15, 0.2) is 0 Å². The highest BCUT2D eigenvalue weighted by molar-refractivity contribution is 6.31. The fourth-order valence-corrected chi connectivity index (χ4v) is 3.71. The molecule has 0 aliphatic carbocycles. The minimum atomic E-state index is -0.264. The molecule has 0 unspecified atom stereocenters. The molecule has 154 valence electrons. The van der Waals surface area contributed by atoms with Crippen molar-refractivity contribution in [3.05, 3.63) is 88.3 Å². The minimum absolute atomic E-state index is 0.0329. The van der Waals surface area contributed by atoms with Crippen LogP contribution in [0.25, 0.3) is 0 Å². The number of pyridine rings is 2. The van der Waals surface area contributed by atoms with E-state index in [0.29, 0.717) is 37.5 Å². The molecule has 7 heteroatoms. The average Bonchev–Trinajstić information content (AvgIpc) is 2.80. The van der Waals surface area contributed by atoms with Gasteiger partial charge in [0, 0.05) is 42.5 Å². The first-order chi connectivity index (χ1) is 14.6. The third-order valence-electron chi connectivity index (χ3n) is 5.10. The standard InChI is InChI=1S/C23H23ClN4O2/c1-25-22-14-17(9-10-26-22)23(29)28-11-12-30-21(15-28)20-8-4-6-18(27-20)13-16-5-2-3-7-19(16)24/h2-10,14,21H,11-13,15H2,1H3,(H,25,26)/t21-/m1/s1. The van der Waals surface area contributed by atoms with Gasteiger partial charge in [0.25, 0.3) is 5.91 Å². The van der Waals surface area contributed by atoms with Crippen molar-refractivity contribution in [3.63, 3.8) is 0 Å². The van der Waals surface area contributed by atoms with Gasteiger partial charge in [0.2, 0.25) is 0 Å². The number of carbonyl (C=O) groups excluding carboxylic acids is 1. The van der Waals surface area contributed by atoms with Crippen molar-refractivity contribution in [2.45, 2.75) is 12.5 Å². The van der Waals surface area contributed by atoms with E-state index in [4.69, 9.17) is 21.3 Å². The van der Waals surface area contributed by atoms with Crippen LogP contribution in [-0.2, 0) is 11.2 Å². The number of halogens is 1. The molecule has 1 fully saturated rings. The van der Waals surface area contributed by atoms with Crippen molar-refractivity contribution in [1.29, 1.82) is 0 Å². The Kier molecular flexibility index (Phi) is 6.26. The van der Waals surface area contributed by atoms with Gasteiger partial charge in [-0.05, 0) is 35.9 Å². The van der Waals surface area contributed by atoms with Crippen LogP contribution in [0.5, 0.6) is 0 Å². The third-order valence-corrected chi connectivity index (χ3v) is 5.47. The lowest BCUT2D eigenvalue weighted by molar-refractivity contribution is -0.0247. The van der Waals surface area contributed by atoms with Gasteiger partial charge in [-0.15, -0.1) is 0 Å². The van der Waals surface area contributed by atoms with Crippen molar-refractivity contribution in [1.82, 2.24) is 14.9 Å². The van der Waals surface area contributed by atoms with Crippen molar-refractivity contribution in [2.75, 3.05) is 32.1 Å². The van der Waals surface area contributed by atoms with E-state index in [1.165, 1.54) is 0 Å². The number of anilines is 1. The number of aromatic nitrogens is 2. The maximum atomic E-state index is 13.0. The maximum absolute atomic E-state index is 13.0. The molecule has 0 saturated carbocycles. The molecule has 3 aromatic rings. The quantitative estimate of drug-likeness (QED) is 0.673. The number of nitrogens with one attached hydrogen (secondary N) is 1. The molecule has 3 heterocycles. The molecule has 4 rings (SSSR count). The molecule has 0 radical (unpaired) electrons. The topological polar surface area (TPSA) is 67.4 Å². The van der Waals surface area contributed by atoms with Gasteiger partial charge in [-0.1, -0.05) is 35.9 Å². The normalized spacial score (nSPS) is 16.3. The molecule has 1 N–H and O–H groups in total. The average molecular weight is 423 g/mol. The molecule has 1 aromatic carbocycles. The smallest absolute Gasteiger partial charge is 0.254 e. The predicted molar refractivity (Wildman–Crippen MR) is 117 cm³/mol. The highest BCUT2D eigenvalue weighted by atomic mass is 35.5. The summed E-state index contributed by atoms with van der Waals surface area (Å²) in [5, 5.41) is 3.69. The van der Waals surface area contributed by atoms with Gasteiger partial charge in [0.05, 0.1) is 18.8 Å².